The molecule has 0 bridgehead atoms. The first-order chi connectivity index (χ1) is 13.1. The molecule has 0 spiro atoms. The quantitative estimate of drug-likeness (QED) is 0.380. The predicted molar refractivity (Wildman–Crippen MR) is 107 cm³/mol. The van der Waals surface area contributed by atoms with E-state index in [0.29, 0.717) is 13.2 Å². The third-order valence-electron chi connectivity index (χ3n) is 6.06. The Kier molecular flexibility index (Phi) is 9.09. The Morgan fingerprint density at radius 2 is 1.41 bits per heavy atom. The van der Waals surface area contributed by atoms with Crippen molar-refractivity contribution in [1.82, 2.24) is 0 Å². The predicted octanol–water partition coefficient (Wildman–Crippen LogP) is 5.37. The van der Waals surface area contributed by atoms with Gasteiger partial charge in [0.25, 0.3) is 0 Å². The monoisotopic (exact) mass is 376 g/mol. The van der Waals surface area contributed by atoms with Crippen LogP contribution in [-0.4, -0.2) is 25.2 Å². The van der Waals surface area contributed by atoms with Crippen molar-refractivity contribution in [2.24, 2.45) is 17.3 Å². The van der Waals surface area contributed by atoms with E-state index >= 15 is 0 Å². The largest absolute Gasteiger partial charge is 0.465 e. The van der Waals surface area contributed by atoms with Gasteiger partial charge in [-0.3, -0.25) is 9.59 Å². The van der Waals surface area contributed by atoms with Crippen molar-refractivity contribution in [2.75, 3.05) is 13.2 Å². The Balaban J connectivity index is 1.91. The maximum atomic E-state index is 12.4. The molecule has 0 saturated heterocycles. The Hall–Kier alpha value is -1.58. The third kappa shape index (κ3) is 6.82. The van der Waals surface area contributed by atoms with E-state index in [9.17, 15) is 9.59 Å². The Labute approximate surface area is 164 Å². The molecule has 0 fully saturated rings. The zero-order valence-corrected chi connectivity index (χ0v) is 17.1. The molecule has 0 aromatic rings. The molecule has 0 saturated carbocycles. The van der Waals surface area contributed by atoms with Crippen LogP contribution in [0.4, 0.5) is 0 Å². The molecule has 27 heavy (non-hydrogen) atoms. The van der Waals surface area contributed by atoms with Crippen LogP contribution in [-0.2, 0) is 19.1 Å². The summed E-state index contributed by atoms with van der Waals surface area (Å²) in [6.45, 7) is 4.95. The molecule has 2 atom stereocenters. The fourth-order valence-corrected chi connectivity index (χ4v) is 3.82. The van der Waals surface area contributed by atoms with Gasteiger partial charge in [0.15, 0.2) is 0 Å². The molecule has 0 aromatic carbocycles. The van der Waals surface area contributed by atoms with Gasteiger partial charge in [-0.1, -0.05) is 51.0 Å². The summed E-state index contributed by atoms with van der Waals surface area (Å²) >= 11 is 0. The molecule has 2 aliphatic carbocycles. The van der Waals surface area contributed by atoms with Crippen molar-refractivity contribution < 1.29 is 19.1 Å². The van der Waals surface area contributed by atoms with Gasteiger partial charge in [-0.15, -0.1) is 0 Å². The molecule has 0 amide bonds. The van der Waals surface area contributed by atoms with Gasteiger partial charge >= 0.3 is 11.9 Å². The van der Waals surface area contributed by atoms with Crippen LogP contribution in [0.15, 0.2) is 24.3 Å². The summed E-state index contributed by atoms with van der Waals surface area (Å²) in [4.78, 5) is 24.9. The number of hydrogen-bond donors (Lipinski definition) is 0. The van der Waals surface area contributed by atoms with E-state index in [1.807, 2.05) is 0 Å². The minimum atomic E-state index is -0.268. The van der Waals surface area contributed by atoms with Crippen LogP contribution in [0, 0.1) is 17.3 Å². The number of carbonyl (C=O) groups excluding carboxylic acids is 2. The van der Waals surface area contributed by atoms with Crippen molar-refractivity contribution in [3.05, 3.63) is 24.3 Å². The summed E-state index contributed by atoms with van der Waals surface area (Å²) in [5.74, 6) is -0.241. The van der Waals surface area contributed by atoms with E-state index in [4.69, 9.17) is 9.47 Å². The van der Waals surface area contributed by atoms with Crippen LogP contribution >= 0.6 is 0 Å². The molecular weight excluding hydrogens is 340 g/mol. The lowest BCUT2D eigenvalue weighted by Gasteiger charge is -2.33. The minimum Gasteiger partial charge on any atom is -0.465 e. The molecule has 0 aliphatic heterocycles. The average Bonchev–Trinajstić information content (AvgIpc) is 2.74. The maximum Gasteiger partial charge on any atom is 0.309 e. The van der Waals surface area contributed by atoms with E-state index < -0.39 is 0 Å². The topological polar surface area (TPSA) is 52.6 Å². The number of rotatable bonds is 10. The standard InChI is InChI=1S/C23H36O4/c1-3-5-16-23(4-2,17-26-21(24)19-12-8-6-9-13-19)18-27-22(25)20-14-10-7-11-15-20/h6-8,10,19-20H,3-5,9,11-18H2,1-2H3. The van der Waals surface area contributed by atoms with Crippen LogP contribution in [0.25, 0.3) is 0 Å². The van der Waals surface area contributed by atoms with Crippen molar-refractivity contribution >= 4 is 11.9 Å². The fraction of sp³-hybridized carbons (Fsp3) is 0.739. The lowest BCUT2D eigenvalue weighted by Crippen LogP contribution is -2.36. The second-order valence-electron chi connectivity index (χ2n) is 8.14. The van der Waals surface area contributed by atoms with E-state index in [2.05, 4.69) is 38.2 Å². The summed E-state index contributed by atoms with van der Waals surface area (Å²) in [6.07, 6.45) is 17.4. The van der Waals surface area contributed by atoms with Crippen LogP contribution in [0.1, 0.15) is 78.1 Å². The lowest BCUT2D eigenvalue weighted by molar-refractivity contribution is -0.160. The summed E-state index contributed by atoms with van der Waals surface area (Å²) in [6, 6.07) is 0. The number of allylic oxidation sites excluding steroid dienone is 4. The molecule has 0 N–H and O–H groups in total. The smallest absolute Gasteiger partial charge is 0.309 e. The SMILES string of the molecule is CCCCC(CC)(COC(=O)C1CC=CCC1)COC(=O)C1CC=CCC1. The third-order valence-corrected chi connectivity index (χ3v) is 6.06. The summed E-state index contributed by atoms with van der Waals surface area (Å²) in [5, 5.41) is 0. The van der Waals surface area contributed by atoms with Gasteiger partial charge in [-0.05, 0) is 51.4 Å². The molecule has 152 valence electrons. The average molecular weight is 377 g/mol. The van der Waals surface area contributed by atoms with Gasteiger partial charge in [0.05, 0.1) is 11.8 Å². The van der Waals surface area contributed by atoms with Gasteiger partial charge < -0.3 is 9.47 Å². The van der Waals surface area contributed by atoms with Gasteiger partial charge in [0, 0.05) is 5.41 Å². The second kappa shape index (κ2) is 11.3. The fourth-order valence-electron chi connectivity index (χ4n) is 3.82. The number of ether oxygens (including phenoxy) is 2. The van der Waals surface area contributed by atoms with E-state index in [1.54, 1.807) is 0 Å². The number of carbonyl (C=O) groups is 2. The highest BCUT2D eigenvalue weighted by molar-refractivity contribution is 5.73. The van der Waals surface area contributed by atoms with Gasteiger partial charge in [0.1, 0.15) is 13.2 Å². The number of hydrogen-bond acceptors (Lipinski definition) is 4. The molecule has 0 heterocycles. The summed E-state index contributed by atoms with van der Waals surface area (Å²) in [7, 11) is 0. The highest BCUT2D eigenvalue weighted by Crippen LogP contribution is 2.32. The molecule has 2 aliphatic rings. The molecule has 4 nitrogen and oxygen atoms in total. The van der Waals surface area contributed by atoms with E-state index in [-0.39, 0.29) is 29.2 Å². The zero-order valence-electron chi connectivity index (χ0n) is 17.1. The molecule has 2 rings (SSSR count). The van der Waals surface area contributed by atoms with Crippen LogP contribution in [0.2, 0.25) is 0 Å². The highest BCUT2D eigenvalue weighted by atomic mass is 16.5. The lowest BCUT2D eigenvalue weighted by atomic mass is 9.81. The van der Waals surface area contributed by atoms with Crippen molar-refractivity contribution in [1.29, 1.82) is 0 Å². The van der Waals surface area contributed by atoms with E-state index in [1.165, 1.54) is 0 Å². The minimum absolute atomic E-state index is 0.0210. The molecule has 2 unspecified atom stereocenters. The summed E-state index contributed by atoms with van der Waals surface area (Å²) in [5.41, 5.74) is -0.268. The van der Waals surface area contributed by atoms with Gasteiger partial charge in [-0.2, -0.15) is 0 Å². The Morgan fingerprint density at radius 3 is 1.78 bits per heavy atom. The van der Waals surface area contributed by atoms with Crippen LogP contribution in [0.5, 0.6) is 0 Å². The van der Waals surface area contributed by atoms with Crippen molar-refractivity contribution in [3.63, 3.8) is 0 Å². The highest BCUT2D eigenvalue weighted by Gasteiger charge is 2.33. The molecule has 0 radical (unpaired) electrons. The number of esters is 2. The first-order valence-electron chi connectivity index (χ1n) is 10.7. The van der Waals surface area contributed by atoms with Gasteiger partial charge in [-0.25, -0.2) is 0 Å². The number of unbranched alkanes of at least 4 members (excludes halogenated alkanes) is 1. The van der Waals surface area contributed by atoms with Crippen molar-refractivity contribution in [3.8, 4) is 0 Å². The van der Waals surface area contributed by atoms with Gasteiger partial charge in [0.2, 0.25) is 0 Å². The normalized spacial score (nSPS) is 24.2. The zero-order chi connectivity index (χ0) is 19.5. The first kappa shape index (κ1) is 21.7. The Morgan fingerprint density at radius 1 is 0.889 bits per heavy atom. The molecule has 4 heteroatoms. The van der Waals surface area contributed by atoms with E-state index in [0.717, 1.165) is 64.2 Å². The van der Waals surface area contributed by atoms with Crippen LogP contribution in [0.3, 0.4) is 0 Å². The van der Waals surface area contributed by atoms with Crippen molar-refractivity contribution in [2.45, 2.75) is 78.1 Å². The second-order valence-corrected chi connectivity index (χ2v) is 8.14. The maximum absolute atomic E-state index is 12.4. The van der Waals surface area contributed by atoms with Crippen LogP contribution < -0.4 is 0 Å². The first-order valence-corrected chi connectivity index (χ1v) is 10.7. The Bertz CT molecular complexity index is 494. The molecule has 0 aromatic heterocycles. The molecular formula is C23H36O4. The summed E-state index contributed by atoms with van der Waals surface area (Å²) < 4.78 is 11.5.